The normalized spacial score (nSPS) is 23.3. The zero-order chi connectivity index (χ0) is 20.1. The fraction of sp³-hybridized carbons (Fsp3) is 0.789. The first-order chi connectivity index (χ1) is 12.0. The van der Waals surface area contributed by atoms with Gasteiger partial charge < -0.3 is 18.6 Å². The van der Waals surface area contributed by atoms with Crippen LogP contribution in [0.25, 0.3) is 0 Å². The van der Waals surface area contributed by atoms with Gasteiger partial charge in [0.15, 0.2) is 18.3 Å². The molecule has 1 rings (SSSR count). The van der Waals surface area contributed by atoms with Crippen LogP contribution in [-0.4, -0.2) is 45.2 Å². The molecule has 7 heteroatoms. The van der Waals surface area contributed by atoms with Crippen LogP contribution < -0.4 is 0 Å². The number of hydrogen-bond donors (Lipinski definition) is 0. The number of rotatable bonds is 8. The van der Waals surface area contributed by atoms with E-state index < -0.39 is 38.6 Å². The standard InChI is InChI=1S/C19H34O6Si/c1-12(2)26(13(3)4,14(5)6)23-11-18-19(25-16(8)21)17(9-10-22-18)24-15(7)20/h9-10,12-14,17-19H,11H2,1-8H3/t17-,18-,19-/m1/s1. The quantitative estimate of drug-likeness (QED) is 0.464. The van der Waals surface area contributed by atoms with Gasteiger partial charge in [-0.05, 0) is 22.7 Å². The summed E-state index contributed by atoms with van der Waals surface area (Å²) in [5.41, 5.74) is 1.29. The van der Waals surface area contributed by atoms with Crippen LogP contribution >= 0.6 is 0 Å². The number of hydrogen-bond acceptors (Lipinski definition) is 6. The highest BCUT2D eigenvalue weighted by Gasteiger charge is 2.47. The lowest BCUT2D eigenvalue weighted by atomic mass is 10.1. The minimum absolute atomic E-state index is 0.292. The van der Waals surface area contributed by atoms with E-state index >= 15 is 0 Å². The molecule has 26 heavy (non-hydrogen) atoms. The minimum atomic E-state index is -2.09. The third-order valence-electron chi connectivity index (χ3n) is 5.02. The van der Waals surface area contributed by atoms with Gasteiger partial charge in [-0.3, -0.25) is 9.59 Å². The van der Waals surface area contributed by atoms with Gasteiger partial charge in [0.05, 0.1) is 12.9 Å². The molecule has 1 aliphatic heterocycles. The molecule has 3 atom stereocenters. The number of ether oxygens (including phenoxy) is 3. The fourth-order valence-electron chi connectivity index (χ4n) is 4.12. The first kappa shape index (κ1) is 22.7. The van der Waals surface area contributed by atoms with E-state index in [0.717, 1.165) is 0 Å². The molecule has 0 saturated carbocycles. The van der Waals surface area contributed by atoms with Crippen molar-refractivity contribution < 1.29 is 28.2 Å². The van der Waals surface area contributed by atoms with E-state index in [1.165, 1.54) is 20.1 Å². The van der Waals surface area contributed by atoms with Gasteiger partial charge >= 0.3 is 11.9 Å². The van der Waals surface area contributed by atoms with Crippen molar-refractivity contribution in [2.45, 2.75) is 90.3 Å². The van der Waals surface area contributed by atoms with Crippen LogP contribution in [0, 0.1) is 0 Å². The highest BCUT2D eigenvalue weighted by atomic mass is 28.4. The maximum absolute atomic E-state index is 11.5. The predicted molar refractivity (Wildman–Crippen MR) is 102 cm³/mol. The van der Waals surface area contributed by atoms with E-state index in [0.29, 0.717) is 23.2 Å². The molecular formula is C19H34O6Si. The van der Waals surface area contributed by atoms with Crippen LogP contribution in [0.5, 0.6) is 0 Å². The lowest BCUT2D eigenvalue weighted by molar-refractivity contribution is -0.175. The van der Waals surface area contributed by atoms with Crippen molar-refractivity contribution in [3.05, 3.63) is 12.3 Å². The number of carbonyl (C=O) groups excluding carboxylic acids is 2. The summed E-state index contributed by atoms with van der Waals surface area (Å²) in [5, 5.41) is 0. The molecule has 150 valence electrons. The summed E-state index contributed by atoms with van der Waals surface area (Å²) in [6, 6.07) is 0. The van der Waals surface area contributed by atoms with Crippen LogP contribution in [0.3, 0.4) is 0 Å². The van der Waals surface area contributed by atoms with Gasteiger partial charge in [-0.25, -0.2) is 0 Å². The van der Waals surface area contributed by atoms with E-state index in [4.69, 9.17) is 18.6 Å². The summed E-state index contributed by atoms with van der Waals surface area (Å²) in [4.78, 5) is 22.9. The van der Waals surface area contributed by atoms with E-state index in [1.807, 2.05) is 0 Å². The SMILES string of the molecule is CC(=O)O[C@@H]1[C@H](OC(C)=O)C=CO[C@@H]1CO[Si](C(C)C)(C(C)C)C(C)C. The molecule has 0 radical (unpaired) electrons. The third kappa shape index (κ3) is 5.33. The van der Waals surface area contributed by atoms with E-state index in [1.54, 1.807) is 6.08 Å². The van der Waals surface area contributed by atoms with Crippen LogP contribution in [0.4, 0.5) is 0 Å². The van der Waals surface area contributed by atoms with Crippen molar-refractivity contribution in [1.82, 2.24) is 0 Å². The van der Waals surface area contributed by atoms with Crippen molar-refractivity contribution in [3.8, 4) is 0 Å². The average Bonchev–Trinajstić information content (AvgIpc) is 2.48. The first-order valence-corrected chi connectivity index (χ1v) is 11.5. The number of esters is 2. The summed E-state index contributed by atoms with van der Waals surface area (Å²) in [5.74, 6) is -0.884. The maximum atomic E-state index is 11.5. The van der Waals surface area contributed by atoms with Gasteiger partial charge in [0.25, 0.3) is 0 Å². The highest BCUT2D eigenvalue weighted by Crippen LogP contribution is 2.42. The summed E-state index contributed by atoms with van der Waals surface area (Å²) in [6.07, 6.45) is 1.16. The van der Waals surface area contributed by atoms with Crippen LogP contribution in [0.15, 0.2) is 12.3 Å². The van der Waals surface area contributed by atoms with Crippen molar-refractivity contribution in [2.75, 3.05) is 6.61 Å². The minimum Gasteiger partial charge on any atom is -0.492 e. The molecule has 6 nitrogen and oxygen atoms in total. The zero-order valence-electron chi connectivity index (χ0n) is 17.3. The second kappa shape index (κ2) is 9.55. The molecule has 1 heterocycles. The van der Waals surface area contributed by atoms with Crippen molar-refractivity contribution >= 4 is 20.3 Å². The Morgan fingerprint density at radius 3 is 1.88 bits per heavy atom. The number of carbonyl (C=O) groups is 2. The van der Waals surface area contributed by atoms with Crippen molar-refractivity contribution in [2.24, 2.45) is 0 Å². The Balaban J connectivity index is 3.01. The Kier molecular flexibility index (Phi) is 8.34. The molecule has 1 aliphatic rings. The molecule has 0 saturated heterocycles. The van der Waals surface area contributed by atoms with Gasteiger partial charge in [0, 0.05) is 13.8 Å². The monoisotopic (exact) mass is 386 g/mol. The maximum Gasteiger partial charge on any atom is 0.303 e. The lowest BCUT2D eigenvalue weighted by Gasteiger charge is -2.44. The van der Waals surface area contributed by atoms with Crippen molar-refractivity contribution in [1.29, 1.82) is 0 Å². The zero-order valence-corrected chi connectivity index (χ0v) is 18.3. The molecule has 0 amide bonds. The second-order valence-corrected chi connectivity index (χ2v) is 13.2. The Bertz CT molecular complexity index is 492. The Morgan fingerprint density at radius 1 is 0.962 bits per heavy atom. The Labute approximate surface area is 158 Å². The van der Waals surface area contributed by atoms with Gasteiger partial charge in [0.1, 0.15) is 0 Å². The van der Waals surface area contributed by atoms with Gasteiger partial charge in [0.2, 0.25) is 8.32 Å². The first-order valence-electron chi connectivity index (χ1n) is 9.32. The van der Waals surface area contributed by atoms with Crippen LogP contribution in [0.2, 0.25) is 16.6 Å². The predicted octanol–water partition coefficient (Wildman–Crippen LogP) is 3.95. The molecule has 0 aromatic carbocycles. The summed E-state index contributed by atoms with van der Waals surface area (Å²) in [6.45, 7) is 16.2. The van der Waals surface area contributed by atoms with Gasteiger partial charge in [-0.1, -0.05) is 41.5 Å². The smallest absolute Gasteiger partial charge is 0.303 e. The second-order valence-electron chi connectivity index (χ2n) is 7.78. The molecule has 0 N–H and O–H groups in total. The lowest BCUT2D eigenvalue weighted by Crippen LogP contribution is -2.53. The van der Waals surface area contributed by atoms with Crippen LogP contribution in [-0.2, 0) is 28.2 Å². The molecule has 0 aliphatic carbocycles. The highest BCUT2D eigenvalue weighted by molar-refractivity contribution is 6.77. The molecule has 0 aromatic heterocycles. The molecule has 0 fully saturated rings. The van der Waals surface area contributed by atoms with Crippen molar-refractivity contribution in [3.63, 3.8) is 0 Å². The Morgan fingerprint density at radius 2 is 1.46 bits per heavy atom. The van der Waals surface area contributed by atoms with Crippen LogP contribution in [0.1, 0.15) is 55.4 Å². The topological polar surface area (TPSA) is 71.1 Å². The van der Waals surface area contributed by atoms with E-state index in [9.17, 15) is 9.59 Å². The largest absolute Gasteiger partial charge is 0.492 e. The molecular weight excluding hydrogens is 352 g/mol. The third-order valence-corrected chi connectivity index (χ3v) is 11.1. The summed E-state index contributed by atoms with van der Waals surface area (Å²) < 4.78 is 22.9. The average molecular weight is 387 g/mol. The van der Waals surface area contributed by atoms with Gasteiger partial charge in [-0.15, -0.1) is 0 Å². The molecule has 0 unspecified atom stereocenters. The summed E-state index contributed by atoms with van der Waals surface area (Å²) >= 11 is 0. The Hall–Kier alpha value is -1.34. The fourth-order valence-corrected chi connectivity index (χ4v) is 9.57. The summed E-state index contributed by atoms with van der Waals surface area (Å²) in [7, 11) is -2.09. The van der Waals surface area contributed by atoms with E-state index in [2.05, 4.69) is 41.5 Å². The molecule has 0 bridgehead atoms. The van der Waals surface area contributed by atoms with E-state index in [-0.39, 0.29) is 0 Å². The van der Waals surface area contributed by atoms with Gasteiger partial charge in [-0.2, -0.15) is 0 Å². The molecule has 0 aromatic rings. The molecule has 0 spiro atoms.